The summed E-state index contributed by atoms with van der Waals surface area (Å²) < 4.78 is 0. The molecule has 0 radical (unpaired) electrons. The Morgan fingerprint density at radius 1 is 1.20 bits per heavy atom. The van der Waals surface area contributed by atoms with Crippen molar-refractivity contribution in [3.8, 4) is 0 Å². The Hall–Kier alpha value is -2.93. The Balaban J connectivity index is 1.70. The molecule has 3 rings (SSSR count). The summed E-state index contributed by atoms with van der Waals surface area (Å²) in [4.78, 5) is 36.3. The van der Waals surface area contributed by atoms with Crippen molar-refractivity contribution >= 4 is 40.5 Å². The first-order valence-electron chi connectivity index (χ1n) is 7.56. The van der Waals surface area contributed by atoms with Gasteiger partial charge >= 0.3 is 0 Å². The minimum Gasteiger partial charge on any atom is -0.324 e. The lowest BCUT2D eigenvalue weighted by atomic mass is 10.1. The zero-order valence-electron chi connectivity index (χ0n) is 13.0. The van der Waals surface area contributed by atoms with Crippen LogP contribution in [0.1, 0.15) is 6.42 Å². The molecule has 0 aromatic heterocycles. The number of non-ortho nitro benzene ring substituents is 1. The van der Waals surface area contributed by atoms with Gasteiger partial charge in [0.1, 0.15) is 0 Å². The number of hydrogen-bond acceptors (Lipinski definition) is 4. The number of carbonyl (C=O) groups is 2. The second-order valence-corrected chi connectivity index (χ2v) is 6.06. The van der Waals surface area contributed by atoms with Crippen molar-refractivity contribution in [3.05, 3.63) is 63.7 Å². The lowest BCUT2D eigenvalue weighted by molar-refractivity contribution is -0.384. The Labute approximate surface area is 148 Å². The summed E-state index contributed by atoms with van der Waals surface area (Å²) in [5.74, 6) is -1.00. The summed E-state index contributed by atoms with van der Waals surface area (Å²) >= 11 is 6.02. The van der Waals surface area contributed by atoms with E-state index in [0.29, 0.717) is 16.4 Å². The molecule has 1 aliphatic heterocycles. The SMILES string of the molecule is O=C(Nc1ccccc1Cl)[C@@H]1CC(=O)N(c2ccc([N+](=O)[O-])cc2)C1. The third-order valence-electron chi connectivity index (χ3n) is 4.00. The van der Waals surface area contributed by atoms with Gasteiger partial charge in [0.25, 0.3) is 5.69 Å². The van der Waals surface area contributed by atoms with E-state index >= 15 is 0 Å². The molecule has 2 aromatic rings. The Morgan fingerprint density at radius 2 is 1.88 bits per heavy atom. The quantitative estimate of drug-likeness (QED) is 0.670. The smallest absolute Gasteiger partial charge is 0.269 e. The highest BCUT2D eigenvalue weighted by Gasteiger charge is 2.35. The van der Waals surface area contributed by atoms with E-state index in [2.05, 4.69) is 5.32 Å². The highest BCUT2D eigenvalue weighted by molar-refractivity contribution is 6.33. The van der Waals surface area contributed by atoms with Gasteiger partial charge in [0.15, 0.2) is 0 Å². The molecule has 0 aliphatic carbocycles. The number of halogens is 1. The molecule has 2 amide bonds. The summed E-state index contributed by atoms with van der Waals surface area (Å²) in [5.41, 5.74) is 0.974. The van der Waals surface area contributed by atoms with Crippen LogP contribution in [0.3, 0.4) is 0 Å². The van der Waals surface area contributed by atoms with Crippen molar-refractivity contribution in [2.45, 2.75) is 6.42 Å². The molecule has 1 fully saturated rings. The summed E-state index contributed by atoms with van der Waals surface area (Å²) in [5, 5.41) is 13.9. The molecule has 0 spiro atoms. The Kier molecular flexibility index (Phi) is 4.67. The average Bonchev–Trinajstić information content (AvgIpc) is 2.99. The van der Waals surface area contributed by atoms with Gasteiger partial charge in [0.2, 0.25) is 11.8 Å². The van der Waals surface area contributed by atoms with Crippen LogP contribution in [0.5, 0.6) is 0 Å². The molecule has 7 nitrogen and oxygen atoms in total. The van der Waals surface area contributed by atoms with Gasteiger partial charge in [-0.25, -0.2) is 0 Å². The summed E-state index contributed by atoms with van der Waals surface area (Å²) in [6.45, 7) is 0.215. The maximum atomic E-state index is 12.4. The van der Waals surface area contributed by atoms with Crippen molar-refractivity contribution in [2.24, 2.45) is 5.92 Å². The lowest BCUT2D eigenvalue weighted by Crippen LogP contribution is -2.28. The third-order valence-corrected chi connectivity index (χ3v) is 4.33. The van der Waals surface area contributed by atoms with Gasteiger partial charge in [0.05, 0.1) is 21.6 Å². The van der Waals surface area contributed by atoms with Crippen LogP contribution < -0.4 is 10.2 Å². The molecular weight excluding hydrogens is 346 g/mol. The van der Waals surface area contributed by atoms with Gasteiger partial charge in [-0.1, -0.05) is 23.7 Å². The predicted octanol–water partition coefficient (Wildman–Crippen LogP) is 3.24. The number of nitrogens with one attached hydrogen (secondary N) is 1. The lowest BCUT2D eigenvalue weighted by Gasteiger charge is -2.16. The van der Waals surface area contributed by atoms with Crippen LogP contribution in [0.4, 0.5) is 17.1 Å². The minimum atomic E-state index is -0.515. The molecule has 128 valence electrons. The largest absolute Gasteiger partial charge is 0.324 e. The normalized spacial score (nSPS) is 16.8. The molecular formula is C17H14ClN3O4. The van der Waals surface area contributed by atoms with E-state index in [1.807, 2.05) is 0 Å². The van der Waals surface area contributed by atoms with Gasteiger partial charge in [-0.15, -0.1) is 0 Å². The molecule has 0 saturated carbocycles. The maximum Gasteiger partial charge on any atom is 0.269 e. The van der Waals surface area contributed by atoms with Crippen LogP contribution in [0.2, 0.25) is 5.02 Å². The van der Waals surface area contributed by atoms with Crippen molar-refractivity contribution in [3.63, 3.8) is 0 Å². The van der Waals surface area contributed by atoms with Gasteiger partial charge in [-0.05, 0) is 24.3 Å². The summed E-state index contributed by atoms with van der Waals surface area (Å²) in [6.07, 6.45) is 0.0767. The highest BCUT2D eigenvalue weighted by Crippen LogP contribution is 2.28. The molecule has 0 unspecified atom stereocenters. The fourth-order valence-electron chi connectivity index (χ4n) is 2.68. The number of amides is 2. The number of rotatable bonds is 4. The van der Waals surface area contributed by atoms with Crippen LogP contribution in [0, 0.1) is 16.0 Å². The number of nitrogens with zero attached hydrogens (tertiary/aromatic N) is 2. The number of benzene rings is 2. The first-order valence-corrected chi connectivity index (χ1v) is 7.93. The molecule has 0 bridgehead atoms. The minimum absolute atomic E-state index is 0.0524. The van der Waals surface area contributed by atoms with E-state index in [1.54, 1.807) is 24.3 Å². The van der Waals surface area contributed by atoms with Gasteiger partial charge in [0, 0.05) is 30.8 Å². The second kappa shape index (κ2) is 6.90. The average molecular weight is 360 g/mol. The maximum absolute atomic E-state index is 12.4. The molecule has 1 aliphatic rings. The van der Waals surface area contributed by atoms with Gasteiger partial charge < -0.3 is 10.2 Å². The standard InChI is InChI=1S/C17H14ClN3O4/c18-14-3-1-2-4-15(14)19-17(23)11-9-16(22)20(10-11)12-5-7-13(8-6-12)21(24)25/h1-8,11H,9-10H2,(H,19,23)/t11-/m1/s1. The zero-order chi connectivity index (χ0) is 18.0. The third kappa shape index (κ3) is 3.61. The van der Waals surface area contributed by atoms with Crippen LogP contribution in [0.15, 0.2) is 48.5 Å². The second-order valence-electron chi connectivity index (χ2n) is 5.65. The van der Waals surface area contributed by atoms with Crippen LogP contribution in [-0.2, 0) is 9.59 Å². The summed E-state index contributed by atoms with van der Waals surface area (Å²) in [6, 6.07) is 12.5. The van der Waals surface area contributed by atoms with E-state index in [0.717, 1.165) is 0 Å². The fraction of sp³-hybridized carbons (Fsp3) is 0.176. The van der Waals surface area contributed by atoms with E-state index < -0.39 is 10.8 Å². The number of nitro benzene ring substituents is 1. The van der Waals surface area contributed by atoms with E-state index in [4.69, 9.17) is 11.6 Å². The van der Waals surface area contributed by atoms with Gasteiger partial charge in [-0.2, -0.15) is 0 Å². The summed E-state index contributed by atoms with van der Waals surface area (Å²) in [7, 11) is 0. The van der Waals surface area contributed by atoms with E-state index in [-0.39, 0.29) is 30.5 Å². The number of hydrogen-bond donors (Lipinski definition) is 1. The molecule has 1 saturated heterocycles. The Morgan fingerprint density at radius 3 is 2.52 bits per heavy atom. The van der Waals surface area contributed by atoms with Crippen LogP contribution >= 0.6 is 11.6 Å². The molecule has 8 heteroatoms. The van der Waals surface area contributed by atoms with E-state index in [9.17, 15) is 19.7 Å². The number of para-hydroxylation sites is 1. The highest BCUT2D eigenvalue weighted by atomic mass is 35.5. The predicted molar refractivity (Wildman–Crippen MR) is 93.6 cm³/mol. The van der Waals surface area contributed by atoms with Crippen LogP contribution in [0.25, 0.3) is 0 Å². The van der Waals surface area contributed by atoms with Crippen molar-refractivity contribution in [2.75, 3.05) is 16.8 Å². The monoisotopic (exact) mass is 359 g/mol. The number of carbonyl (C=O) groups excluding carboxylic acids is 2. The zero-order valence-corrected chi connectivity index (χ0v) is 13.8. The van der Waals surface area contributed by atoms with Crippen molar-refractivity contribution < 1.29 is 14.5 Å². The first kappa shape index (κ1) is 16.9. The molecule has 25 heavy (non-hydrogen) atoms. The van der Waals surface area contributed by atoms with Crippen molar-refractivity contribution in [1.82, 2.24) is 0 Å². The fourth-order valence-corrected chi connectivity index (χ4v) is 2.87. The first-order chi connectivity index (χ1) is 12.0. The van der Waals surface area contributed by atoms with Crippen molar-refractivity contribution in [1.29, 1.82) is 0 Å². The molecule has 2 aromatic carbocycles. The Bertz CT molecular complexity index is 838. The molecule has 1 atom stereocenters. The molecule has 1 N–H and O–H groups in total. The topological polar surface area (TPSA) is 92.6 Å². The van der Waals surface area contributed by atoms with Gasteiger partial charge in [-0.3, -0.25) is 19.7 Å². The molecule has 1 heterocycles. The number of nitro groups is 1. The van der Waals surface area contributed by atoms with Crippen LogP contribution in [-0.4, -0.2) is 23.3 Å². The number of anilines is 2. The van der Waals surface area contributed by atoms with E-state index in [1.165, 1.54) is 29.2 Å².